The van der Waals surface area contributed by atoms with Crippen LogP contribution in [0.5, 0.6) is 0 Å². The molecule has 0 aromatic carbocycles. The van der Waals surface area contributed by atoms with E-state index in [2.05, 4.69) is 25.1 Å². The number of hydrogen-bond donors (Lipinski definition) is 1. The van der Waals surface area contributed by atoms with Gasteiger partial charge in [0.15, 0.2) is 11.5 Å². The Hall–Kier alpha value is -2.70. The molecule has 3 aromatic heterocycles. The van der Waals surface area contributed by atoms with Gasteiger partial charge in [-0.15, -0.1) is 10.2 Å². The molecule has 4 heterocycles. The lowest BCUT2D eigenvalue weighted by Gasteiger charge is -2.24. The fraction of sp³-hybridized carbons (Fsp3) is 0.375. The molecule has 0 aliphatic carbocycles. The summed E-state index contributed by atoms with van der Waals surface area (Å²) in [6.07, 6.45) is 7.19. The highest BCUT2D eigenvalue weighted by Gasteiger charge is 2.27. The molecule has 3 aromatic rings. The molecule has 7 heteroatoms. The second-order valence-electron chi connectivity index (χ2n) is 5.94. The minimum absolute atomic E-state index is 0.0356. The summed E-state index contributed by atoms with van der Waals surface area (Å²) in [7, 11) is 0. The van der Waals surface area contributed by atoms with E-state index in [0.717, 1.165) is 30.3 Å². The molecule has 1 amide bonds. The molecule has 2 atom stereocenters. The average Bonchev–Trinajstić information content (AvgIpc) is 3.20. The summed E-state index contributed by atoms with van der Waals surface area (Å²) >= 11 is 0. The van der Waals surface area contributed by atoms with Crippen LogP contribution in [0, 0.1) is 5.92 Å². The van der Waals surface area contributed by atoms with Crippen LogP contribution in [0.3, 0.4) is 0 Å². The van der Waals surface area contributed by atoms with Crippen molar-refractivity contribution in [3.63, 3.8) is 0 Å². The zero-order valence-electron chi connectivity index (χ0n) is 12.9. The number of aryl methyl sites for hydroxylation is 1. The van der Waals surface area contributed by atoms with Crippen LogP contribution in [0.2, 0.25) is 0 Å². The predicted octanol–water partition coefficient (Wildman–Crippen LogP) is 1.37. The standard InChI is InChI=1S/C16H18N6O/c1-11(15-20-19-13-4-2-3-7-22(13)15)18-16(23)12-5-8-21-9-6-17-14(21)10-12/h2-4,6-7,9,11-12H,5,8,10H2,1H3,(H,18,23). The van der Waals surface area contributed by atoms with Crippen LogP contribution in [0.25, 0.3) is 5.65 Å². The van der Waals surface area contributed by atoms with Crippen molar-refractivity contribution in [2.24, 2.45) is 5.92 Å². The highest BCUT2D eigenvalue weighted by atomic mass is 16.2. The van der Waals surface area contributed by atoms with E-state index in [1.807, 2.05) is 41.9 Å². The van der Waals surface area contributed by atoms with Gasteiger partial charge >= 0.3 is 0 Å². The van der Waals surface area contributed by atoms with E-state index in [9.17, 15) is 4.79 Å². The van der Waals surface area contributed by atoms with Gasteiger partial charge in [-0.2, -0.15) is 0 Å². The van der Waals surface area contributed by atoms with E-state index in [1.165, 1.54) is 0 Å². The number of carbonyl (C=O) groups excluding carboxylic acids is 1. The molecule has 0 fully saturated rings. The Balaban J connectivity index is 1.48. The van der Waals surface area contributed by atoms with Gasteiger partial charge in [0.05, 0.1) is 6.04 Å². The Kier molecular flexibility index (Phi) is 3.33. The van der Waals surface area contributed by atoms with E-state index < -0.39 is 0 Å². The molecule has 4 rings (SSSR count). The molecule has 0 saturated heterocycles. The van der Waals surface area contributed by atoms with Crippen molar-refractivity contribution in [3.05, 3.63) is 48.4 Å². The Bertz CT molecular complexity index is 851. The molecule has 23 heavy (non-hydrogen) atoms. The summed E-state index contributed by atoms with van der Waals surface area (Å²) in [4.78, 5) is 16.9. The first-order valence-corrected chi connectivity index (χ1v) is 7.82. The van der Waals surface area contributed by atoms with Crippen LogP contribution >= 0.6 is 0 Å². The fourth-order valence-corrected chi connectivity index (χ4v) is 3.13. The number of fused-ring (bicyclic) bond motifs is 2. The van der Waals surface area contributed by atoms with Crippen molar-refractivity contribution in [1.82, 2.24) is 29.5 Å². The Morgan fingerprint density at radius 1 is 1.35 bits per heavy atom. The number of amides is 1. The van der Waals surface area contributed by atoms with Gasteiger partial charge in [0.2, 0.25) is 5.91 Å². The van der Waals surface area contributed by atoms with Crippen LogP contribution in [0.1, 0.15) is 31.0 Å². The second-order valence-corrected chi connectivity index (χ2v) is 5.94. The maximum atomic E-state index is 12.6. The van der Waals surface area contributed by atoms with Gasteiger partial charge in [-0.25, -0.2) is 4.98 Å². The zero-order chi connectivity index (χ0) is 15.8. The number of nitrogens with zero attached hydrogens (tertiary/aromatic N) is 5. The fourth-order valence-electron chi connectivity index (χ4n) is 3.13. The molecule has 7 nitrogen and oxygen atoms in total. The molecule has 0 radical (unpaired) electrons. The molecule has 118 valence electrons. The molecule has 0 bridgehead atoms. The maximum Gasteiger partial charge on any atom is 0.224 e. The van der Waals surface area contributed by atoms with Gasteiger partial charge in [0.1, 0.15) is 5.82 Å². The molecule has 2 unspecified atom stereocenters. The number of aromatic nitrogens is 5. The van der Waals surface area contributed by atoms with E-state index >= 15 is 0 Å². The molecule has 1 aliphatic rings. The number of rotatable bonds is 3. The van der Waals surface area contributed by atoms with Gasteiger partial charge in [-0.05, 0) is 25.5 Å². The third kappa shape index (κ3) is 2.48. The van der Waals surface area contributed by atoms with Crippen molar-refractivity contribution in [2.45, 2.75) is 32.4 Å². The minimum atomic E-state index is -0.193. The molecule has 0 spiro atoms. The third-order valence-electron chi connectivity index (χ3n) is 4.41. The quantitative estimate of drug-likeness (QED) is 0.792. The summed E-state index contributed by atoms with van der Waals surface area (Å²) < 4.78 is 4.01. The molecule has 1 N–H and O–H groups in total. The number of carbonyl (C=O) groups is 1. The van der Waals surface area contributed by atoms with Crippen molar-refractivity contribution in [2.75, 3.05) is 0 Å². The monoisotopic (exact) mass is 310 g/mol. The van der Waals surface area contributed by atoms with Gasteiger partial charge < -0.3 is 9.88 Å². The predicted molar refractivity (Wildman–Crippen MR) is 83.6 cm³/mol. The van der Waals surface area contributed by atoms with Crippen LogP contribution in [0.4, 0.5) is 0 Å². The highest BCUT2D eigenvalue weighted by molar-refractivity contribution is 5.79. The van der Waals surface area contributed by atoms with Crippen LogP contribution in [-0.4, -0.2) is 30.1 Å². The van der Waals surface area contributed by atoms with E-state index in [0.29, 0.717) is 6.42 Å². The first-order chi connectivity index (χ1) is 11.2. The second kappa shape index (κ2) is 5.49. The Morgan fingerprint density at radius 3 is 3.17 bits per heavy atom. The molecular formula is C16H18N6O. The highest BCUT2D eigenvalue weighted by Crippen LogP contribution is 2.20. The van der Waals surface area contributed by atoms with Crippen LogP contribution in [-0.2, 0) is 17.8 Å². The number of pyridine rings is 1. The third-order valence-corrected chi connectivity index (χ3v) is 4.41. The summed E-state index contributed by atoms with van der Waals surface area (Å²) in [5, 5.41) is 11.4. The summed E-state index contributed by atoms with van der Waals surface area (Å²) in [6, 6.07) is 5.55. The number of hydrogen-bond acceptors (Lipinski definition) is 4. The van der Waals surface area contributed by atoms with Gasteiger partial charge in [-0.3, -0.25) is 9.20 Å². The minimum Gasteiger partial charge on any atom is -0.346 e. The van der Waals surface area contributed by atoms with Crippen molar-refractivity contribution in [1.29, 1.82) is 0 Å². The van der Waals surface area contributed by atoms with Crippen LogP contribution in [0.15, 0.2) is 36.8 Å². The SMILES string of the molecule is CC(NC(=O)C1CCn2ccnc2C1)c1nnc2ccccn12. The maximum absolute atomic E-state index is 12.6. The smallest absolute Gasteiger partial charge is 0.224 e. The molecular weight excluding hydrogens is 292 g/mol. The lowest BCUT2D eigenvalue weighted by Crippen LogP contribution is -2.37. The number of imidazole rings is 1. The van der Waals surface area contributed by atoms with Gasteiger partial charge in [0.25, 0.3) is 0 Å². The lowest BCUT2D eigenvalue weighted by atomic mass is 9.96. The van der Waals surface area contributed by atoms with E-state index in [4.69, 9.17) is 0 Å². The number of nitrogens with one attached hydrogen (secondary N) is 1. The van der Waals surface area contributed by atoms with E-state index in [-0.39, 0.29) is 17.9 Å². The Morgan fingerprint density at radius 2 is 2.26 bits per heavy atom. The largest absolute Gasteiger partial charge is 0.346 e. The topological polar surface area (TPSA) is 77.1 Å². The zero-order valence-corrected chi connectivity index (χ0v) is 12.9. The Labute approximate surface area is 133 Å². The summed E-state index contributed by atoms with van der Waals surface area (Å²) in [5.41, 5.74) is 0.781. The van der Waals surface area contributed by atoms with E-state index in [1.54, 1.807) is 6.20 Å². The average molecular weight is 310 g/mol. The van der Waals surface area contributed by atoms with Gasteiger partial charge in [-0.1, -0.05) is 6.07 Å². The normalized spacial score (nSPS) is 18.6. The van der Waals surface area contributed by atoms with Crippen LogP contribution < -0.4 is 5.32 Å². The molecule has 0 saturated carbocycles. The van der Waals surface area contributed by atoms with Gasteiger partial charge in [0, 0.05) is 37.5 Å². The van der Waals surface area contributed by atoms with Crippen molar-refractivity contribution in [3.8, 4) is 0 Å². The summed E-state index contributed by atoms with van der Waals surface area (Å²) in [6.45, 7) is 2.78. The summed E-state index contributed by atoms with van der Waals surface area (Å²) in [5.74, 6) is 1.74. The van der Waals surface area contributed by atoms with Crippen molar-refractivity contribution >= 4 is 11.6 Å². The van der Waals surface area contributed by atoms with Crippen molar-refractivity contribution < 1.29 is 4.79 Å². The first-order valence-electron chi connectivity index (χ1n) is 7.82. The molecule has 1 aliphatic heterocycles. The first kappa shape index (κ1) is 13.9. The lowest BCUT2D eigenvalue weighted by molar-refractivity contribution is -0.126.